The number of pyridine rings is 1. The molecule has 0 aliphatic rings. The van der Waals surface area contributed by atoms with Crippen molar-refractivity contribution >= 4 is 17.5 Å². The largest absolute Gasteiger partial charge is 0.352 e. The number of hydrogen-bond donors (Lipinski definition) is 1. The smallest absolute Gasteiger partial charge is 0.220 e. The van der Waals surface area contributed by atoms with Gasteiger partial charge >= 0.3 is 0 Å². The highest BCUT2D eigenvalue weighted by atomic mass is 35.5. The lowest BCUT2D eigenvalue weighted by Gasteiger charge is -2.11. The van der Waals surface area contributed by atoms with E-state index in [1.165, 1.54) is 5.56 Å². The van der Waals surface area contributed by atoms with E-state index in [4.69, 9.17) is 11.6 Å². The van der Waals surface area contributed by atoms with Crippen molar-refractivity contribution in [2.24, 2.45) is 5.92 Å². The van der Waals surface area contributed by atoms with E-state index in [1.54, 1.807) is 12.3 Å². The summed E-state index contributed by atoms with van der Waals surface area (Å²) in [4.78, 5) is 15.9. The Balaban J connectivity index is 1.68. The number of aryl methyl sites for hydroxylation is 1. The Morgan fingerprint density at radius 1 is 1.18 bits per heavy atom. The summed E-state index contributed by atoms with van der Waals surface area (Å²) in [6.45, 7) is 2.61. The highest BCUT2D eigenvalue weighted by molar-refractivity contribution is 6.29. The quantitative estimate of drug-likeness (QED) is 0.784. The van der Waals surface area contributed by atoms with E-state index < -0.39 is 0 Å². The zero-order chi connectivity index (χ0) is 15.8. The molecule has 0 saturated heterocycles. The Labute approximate surface area is 136 Å². The minimum Gasteiger partial charge on any atom is -0.352 e. The van der Waals surface area contributed by atoms with Crippen LogP contribution in [-0.4, -0.2) is 10.9 Å². The summed E-state index contributed by atoms with van der Waals surface area (Å²) in [5.41, 5.74) is 2.27. The molecule has 4 heteroatoms. The molecule has 0 spiro atoms. The van der Waals surface area contributed by atoms with Crippen LogP contribution in [0.3, 0.4) is 0 Å². The molecule has 0 aliphatic heterocycles. The maximum Gasteiger partial charge on any atom is 0.220 e. The summed E-state index contributed by atoms with van der Waals surface area (Å²) in [5.74, 6) is 0.444. The maximum absolute atomic E-state index is 11.9. The van der Waals surface area contributed by atoms with Crippen molar-refractivity contribution in [3.05, 3.63) is 64.9 Å². The molecule has 0 aliphatic carbocycles. The number of nitrogens with zero attached hydrogens (tertiary/aromatic N) is 1. The fourth-order valence-electron chi connectivity index (χ4n) is 2.26. The molecule has 1 aromatic heterocycles. The molecule has 0 bridgehead atoms. The Morgan fingerprint density at radius 3 is 2.64 bits per heavy atom. The average molecular weight is 317 g/mol. The highest BCUT2D eigenvalue weighted by Gasteiger charge is 2.09. The number of amides is 1. The van der Waals surface area contributed by atoms with Gasteiger partial charge in [0, 0.05) is 19.2 Å². The normalized spacial score (nSPS) is 11.9. The zero-order valence-corrected chi connectivity index (χ0v) is 13.5. The molecule has 1 heterocycles. The third-order valence-corrected chi connectivity index (χ3v) is 3.80. The predicted molar refractivity (Wildman–Crippen MR) is 89.6 cm³/mol. The van der Waals surface area contributed by atoms with Crippen LogP contribution in [0.5, 0.6) is 0 Å². The topological polar surface area (TPSA) is 42.0 Å². The fraction of sp³-hybridized carbons (Fsp3) is 0.333. The van der Waals surface area contributed by atoms with Crippen LogP contribution in [0, 0.1) is 5.92 Å². The molecule has 3 nitrogen and oxygen atoms in total. The van der Waals surface area contributed by atoms with E-state index in [-0.39, 0.29) is 5.91 Å². The molecule has 1 unspecified atom stereocenters. The highest BCUT2D eigenvalue weighted by Crippen LogP contribution is 2.13. The molecule has 1 N–H and O–H groups in total. The standard InChI is InChI=1S/C18H21ClN2O/c1-14(7-8-15-5-3-2-4-6-15)11-18(22)21-13-16-9-10-17(19)20-12-16/h2-6,9-10,12,14H,7-8,11,13H2,1H3,(H,21,22). The molecule has 1 atom stereocenters. The monoisotopic (exact) mass is 316 g/mol. The summed E-state index contributed by atoms with van der Waals surface area (Å²) in [6, 6.07) is 14.0. The van der Waals surface area contributed by atoms with Crippen LogP contribution < -0.4 is 5.32 Å². The molecule has 2 aromatic rings. The third kappa shape index (κ3) is 5.86. The molecular formula is C18H21ClN2O. The van der Waals surface area contributed by atoms with Gasteiger partial charge in [-0.05, 0) is 36.0 Å². The zero-order valence-electron chi connectivity index (χ0n) is 12.8. The van der Waals surface area contributed by atoms with Crippen molar-refractivity contribution in [2.45, 2.75) is 32.7 Å². The van der Waals surface area contributed by atoms with Gasteiger partial charge in [0.2, 0.25) is 5.91 Å². The van der Waals surface area contributed by atoms with E-state index >= 15 is 0 Å². The lowest BCUT2D eigenvalue weighted by molar-refractivity contribution is -0.122. The van der Waals surface area contributed by atoms with Gasteiger partial charge in [-0.2, -0.15) is 0 Å². The van der Waals surface area contributed by atoms with Crippen molar-refractivity contribution < 1.29 is 4.79 Å². The molecular weight excluding hydrogens is 296 g/mol. The van der Waals surface area contributed by atoms with Crippen LogP contribution in [0.4, 0.5) is 0 Å². The summed E-state index contributed by atoms with van der Waals surface area (Å²) >= 11 is 5.73. The van der Waals surface area contributed by atoms with Crippen molar-refractivity contribution in [1.82, 2.24) is 10.3 Å². The number of benzene rings is 1. The van der Waals surface area contributed by atoms with E-state index in [1.807, 2.05) is 24.3 Å². The van der Waals surface area contributed by atoms with Gasteiger partial charge in [0.1, 0.15) is 5.15 Å². The molecule has 0 radical (unpaired) electrons. The number of hydrogen-bond acceptors (Lipinski definition) is 2. The van der Waals surface area contributed by atoms with Gasteiger partial charge in [-0.15, -0.1) is 0 Å². The second kappa shape index (κ2) is 8.54. The fourth-order valence-corrected chi connectivity index (χ4v) is 2.37. The van der Waals surface area contributed by atoms with Gasteiger partial charge in [-0.1, -0.05) is 54.9 Å². The Kier molecular flexibility index (Phi) is 6.41. The molecule has 116 valence electrons. The first-order valence-electron chi connectivity index (χ1n) is 7.54. The first-order chi connectivity index (χ1) is 10.6. The summed E-state index contributed by atoms with van der Waals surface area (Å²) < 4.78 is 0. The van der Waals surface area contributed by atoms with Gasteiger partial charge in [0.15, 0.2) is 0 Å². The van der Waals surface area contributed by atoms with Crippen LogP contribution in [0.2, 0.25) is 5.15 Å². The van der Waals surface area contributed by atoms with Crippen LogP contribution >= 0.6 is 11.6 Å². The lowest BCUT2D eigenvalue weighted by atomic mass is 9.98. The van der Waals surface area contributed by atoms with E-state index in [0.717, 1.165) is 18.4 Å². The minimum atomic E-state index is 0.0792. The summed E-state index contributed by atoms with van der Waals surface area (Å²) in [7, 11) is 0. The second-order valence-electron chi connectivity index (χ2n) is 5.60. The van der Waals surface area contributed by atoms with Gasteiger partial charge in [-0.25, -0.2) is 4.98 Å². The van der Waals surface area contributed by atoms with Crippen molar-refractivity contribution in [1.29, 1.82) is 0 Å². The summed E-state index contributed by atoms with van der Waals surface area (Å²) in [5, 5.41) is 3.39. The molecule has 22 heavy (non-hydrogen) atoms. The Morgan fingerprint density at radius 2 is 1.95 bits per heavy atom. The predicted octanol–water partition coefficient (Wildman–Crippen LogP) is 4.01. The molecule has 0 saturated carbocycles. The van der Waals surface area contributed by atoms with Crippen molar-refractivity contribution in [2.75, 3.05) is 0 Å². The van der Waals surface area contributed by atoms with Crippen molar-refractivity contribution in [3.8, 4) is 0 Å². The number of carbonyl (C=O) groups excluding carboxylic acids is 1. The number of aromatic nitrogens is 1. The Hall–Kier alpha value is -1.87. The third-order valence-electron chi connectivity index (χ3n) is 3.58. The second-order valence-corrected chi connectivity index (χ2v) is 5.99. The number of nitrogens with one attached hydrogen (secondary N) is 1. The molecule has 1 aromatic carbocycles. The van der Waals surface area contributed by atoms with Crippen LogP contribution in [0.15, 0.2) is 48.7 Å². The van der Waals surface area contributed by atoms with Gasteiger partial charge < -0.3 is 5.32 Å². The minimum absolute atomic E-state index is 0.0792. The number of carbonyl (C=O) groups is 1. The average Bonchev–Trinajstić information content (AvgIpc) is 2.53. The van der Waals surface area contributed by atoms with E-state index in [9.17, 15) is 4.79 Å². The van der Waals surface area contributed by atoms with E-state index in [0.29, 0.717) is 24.0 Å². The SMILES string of the molecule is CC(CCc1ccccc1)CC(=O)NCc1ccc(Cl)nc1. The first kappa shape index (κ1) is 16.5. The molecule has 2 rings (SSSR count). The first-order valence-corrected chi connectivity index (χ1v) is 7.92. The lowest BCUT2D eigenvalue weighted by Crippen LogP contribution is -2.24. The maximum atomic E-state index is 11.9. The molecule has 0 fully saturated rings. The molecule has 1 amide bonds. The number of halogens is 1. The van der Waals surface area contributed by atoms with Gasteiger partial charge in [0.05, 0.1) is 0 Å². The van der Waals surface area contributed by atoms with Crippen LogP contribution in [0.25, 0.3) is 0 Å². The number of rotatable bonds is 7. The van der Waals surface area contributed by atoms with Gasteiger partial charge in [0.25, 0.3) is 0 Å². The van der Waals surface area contributed by atoms with E-state index in [2.05, 4.69) is 29.4 Å². The summed E-state index contributed by atoms with van der Waals surface area (Å²) in [6.07, 6.45) is 4.26. The van der Waals surface area contributed by atoms with Crippen LogP contribution in [-0.2, 0) is 17.8 Å². The van der Waals surface area contributed by atoms with Crippen LogP contribution in [0.1, 0.15) is 30.9 Å². The van der Waals surface area contributed by atoms with Crippen molar-refractivity contribution in [3.63, 3.8) is 0 Å². The Bertz CT molecular complexity index is 584. The van der Waals surface area contributed by atoms with Gasteiger partial charge in [-0.3, -0.25) is 4.79 Å².